The second-order valence-electron chi connectivity index (χ2n) is 3.18. The second kappa shape index (κ2) is 2.88. The molecule has 0 amide bonds. The maximum Gasteiger partial charge on any atom is 0.103 e. The highest BCUT2D eigenvalue weighted by molar-refractivity contribution is 5.36. The molecule has 1 unspecified atom stereocenters. The van der Waals surface area contributed by atoms with E-state index in [1.54, 1.807) is 0 Å². The Bertz CT molecular complexity index is 294. The minimum absolute atomic E-state index is 0.428. The van der Waals surface area contributed by atoms with Crippen LogP contribution in [-0.2, 0) is 11.3 Å². The van der Waals surface area contributed by atoms with Gasteiger partial charge in [0.1, 0.15) is 6.10 Å². The smallest absolute Gasteiger partial charge is 0.103 e. The van der Waals surface area contributed by atoms with Gasteiger partial charge in [-0.1, -0.05) is 18.2 Å². The van der Waals surface area contributed by atoms with Gasteiger partial charge in [-0.25, -0.2) is 0 Å². The molecule has 0 fully saturated rings. The normalized spacial score (nSPS) is 22.0. The lowest BCUT2D eigenvalue weighted by atomic mass is 9.96. The first-order valence-electron chi connectivity index (χ1n) is 4.13. The summed E-state index contributed by atoms with van der Waals surface area (Å²) < 4.78 is 5.21. The molecule has 2 nitrogen and oxygen atoms in total. The summed E-state index contributed by atoms with van der Waals surface area (Å²) in [5, 5.41) is 9.62. The van der Waals surface area contributed by atoms with E-state index in [2.05, 4.69) is 0 Å². The third-order valence-electron chi connectivity index (χ3n) is 2.28. The summed E-state index contributed by atoms with van der Waals surface area (Å²) in [6, 6.07) is 6.02. The van der Waals surface area contributed by atoms with Crippen molar-refractivity contribution in [2.45, 2.75) is 19.6 Å². The Morgan fingerprint density at radius 3 is 3.08 bits per heavy atom. The van der Waals surface area contributed by atoms with Gasteiger partial charge in [-0.3, -0.25) is 0 Å². The number of hydrogen-bond donors (Lipinski definition) is 1. The van der Waals surface area contributed by atoms with Crippen molar-refractivity contribution in [1.82, 2.24) is 0 Å². The molecule has 0 saturated carbocycles. The molecule has 1 aromatic carbocycles. The molecule has 0 spiro atoms. The molecule has 0 aliphatic carbocycles. The molecule has 0 radical (unpaired) electrons. The quantitative estimate of drug-likeness (QED) is 0.630. The maximum atomic E-state index is 9.62. The molecule has 1 heterocycles. The van der Waals surface area contributed by atoms with E-state index in [9.17, 15) is 5.11 Å². The average Bonchev–Trinajstić information content (AvgIpc) is 2.04. The number of fused-ring (bicyclic) bond motifs is 1. The zero-order valence-corrected chi connectivity index (χ0v) is 7.08. The van der Waals surface area contributed by atoms with Crippen molar-refractivity contribution in [1.29, 1.82) is 0 Å². The van der Waals surface area contributed by atoms with Crippen molar-refractivity contribution in [2.24, 2.45) is 0 Å². The number of aliphatic hydroxyl groups is 1. The first kappa shape index (κ1) is 7.77. The largest absolute Gasteiger partial charge is 0.386 e. The molecule has 1 N–H and O–H groups in total. The summed E-state index contributed by atoms with van der Waals surface area (Å²) in [5.41, 5.74) is 3.33. The third kappa shape index (κ3) is 1.13. The topological polar surface area (TPSA) is 29.5 Å². The van der Waals surface area contributed by atoms with E-state index in [1.807, 2.05) is 25.1 Å². The average molecular weight is 164 g/mol. The predicted molar refractivity (Wildman–Crippen MR) is 45.8 cm³/mol. The molecule has 0 aromatic heterocycles. The lowest BCUT2D eigenvalue weighted by Gasteiger charge is -2.23. The van der Waals surface area contributed by atoms with Crippen molar-refractivity contribution in [3.63, 3.8) is 0 Å². The van der Waals surface area contributed by atoms with E-state index in [-0.39, 0.29) is 0 Å². The highest BCUT2D eigenvalue weighted by Crippen LogP contribution is 2.27. The Labute approximate surface area is 71.8 Å². The Hall–Kier alpha value is -0.860. The standard InChI is InChI=1S/C10H12O2/c1-7-3-2-4-8-5-12-6-9(11)10(7)8/h2-4,9,11H,5-6H2,1H3. The van der Waals surface area contributed by atoms with Crippen molar-refractivity contribution in [3.05, 3.63) is 34.9 Å². The number of aliphatic hydroxyl groups excluding tert-OH is 1. The van der Waals surface area contributed by atoms with Crippen LogP contribution in [0.1, 0.15) is 22.8 Å². The van der Waals surface area contributed by atoms with Gasteiger partial charge in [0.15, 0.2) is 0 Å². The highest BCUT2D eigenvalue weighted by Gasteiger charge is 2.19. The van der Waals surface area contributed by atoms with Crippen molar-refractivity contribution >= 4 is 0 Å². The van der Waals surface area contributed by atoms with Crippen LogP contribution in [0, 0.1) is 6.92 Å². The van der Waals surface area contributed by atoms with Crippen LogP contribution in [0.5, 0.6) is 0 Å². The molecule has 64 valence electrons. The SMILES string of the molecule is Cc1cccc2c1C(O)COC2. The first-order chi connectivity index (χ1) is 5.79. The zero-order chi connectivity index (χ0) is 8.55. The predicted octanol–water partition coefficient (Wildman–Crippen LogP) is 1.56. The highest BCUT2D eigenvalue weighted by atomic mass is 16.5. The van der Waals surface area contributed by atoms with Crippen LogP contribution in [0.3, 0.4) is 0 Å². The van der Waals surface area contributed by atoms with Gasteiger partial charge in [-0.2, -0.15) is 0 Å². The summed E-state index contributed by atoms with van der Waals surface area (Å²) in [5.74, 6) is 0. The van der Waals surface area contributed by atoms with Crippen LogP contribution in [-0.4, -0.2) is 11.7 Å². The molecule has 1 aliphatic rings. The summed E-state index contributed by atoms with van der Waals surface area (Å²) in [6.45, 7) is 3.08. The molecule has 1 aliphatic heterocycles. The lowest BCUT2D eigenvalue weighted by molar-refractivity contribution is 0.00940. The van der Waals surface area contributed by atoms with Gasteiger partial charge in [0.25, 0.3) is 0 Å². The van der Waals surface area contributed by atoms with Crippen LogP contribution in [0.2, 0.25) is 0 Å². The van der Waals surface area contributed by atoms with E-state index in [0.717, 1.165) is 16.7 Å². The van der Waals surface area contributed by atoms with Crippen molar-refractivity contribution in [2.75, 3.05) is 6.61 Å². The van der Waals surface area contributed by atoms with Crippen LogP contribution in [0.15, 0.2) is 18.2 Å². The summed E-state index contributed by atoms with van der Waals surface area (Å²) in [7, 11) is 0. The fourth-order valence-electron chi connectivity index (χ4n) is 1.71. The molecule has 12 heavy (non-hydrogen) atoms. The van der Waals surface area contributed by atoms with Gasteiger partial charge >= 0.3 is 0 Å². The third-order valence-corrected chi connectivity index (χ3v) is 2.28. The van der Waals surface area contributed by atoms with Crippen molar-refractivity contribution < 1.29 is 9.84 Å². The number of benzene rings is 1. The number of ether oxygens (including phenoxy) is 1. The molecular weight excluding hydrogens is 152 g/mol. The van der Waals surface area contributed by atoms with Crippen LogP contribution >= 0.6 is 0 Å². The zero-order valence-electron chi connectivity index (χ0n) is 7.08. The van der Waals surface area contributed by atoms with E-state index in [4.69, 9.17) is 4.74 Å². The Morgan fingerprint density at radius 2 is 2.33 bits per heavy atom. The van der Waals surface area contributed by atoms with Gasteiger partial charge < -0.3 is 9.84 Å². The minimum Gasteiger partial charge on any atom is -0.386 e. The fourth-order valence-corrected chi connectivity index (χ4v) is 1.71. The Kier molecular flexibility index (Phi) is 1.87. The minimum atomic E-state index is -0.435. The van der Waals surface area contributed by atoms with E-state index in [1.165, 1.54) is 0 Å². The summed E-state index contributed by atoms with van der Waals surface area (Å²) in [6.07, 6.45) is -0.435. The van der Waals surface area contributed by atoms with E-state index in [0.29, 0.717) is 13.2 Å². The van der Waals surface area contributed by atoms with Gasteiger partial charge in [0.05, 0.1) is 13.2 Å². The molecule has 2 rings (SSSR count). The Balaban J connectivity index is 2.53. The molecule has 1 atom stereocenters. The molecular formula is C10H12O2. The summed E-state index contributed by atoms with van der Waals surface area (Å²) >= 11 is 0. The fraction of sp³-hybridized carbons (Fsp3) is 0.400. The lowest BCUT2D eigenvalue weighted by Crippen LogP contribution is -2.17. The monoisotopic (exact) mass is 164 g/mol. The van der Waals surface area contributed by atoms with Crippen molar-refractivity contribution in [3.8, 4) is 0 Å². The van der Waals surface area contributed by atoms with Crippen LogP contribution < -0.4 is 0 Å². The van der Waals surface area contributed by atoms with Crippen LogP contribution in [0.25, 0.3) is 0 Å². The second-order valence-corrected chi connectivity index (χ2v) is 3.18. The molecule has 2 heteroatoms. The van der Waals surface area contributed by atoms with Crippen LogP contribution in [0.4, 0.5) is 0 Å². The maximum absolute atomic E-state index is 9.62. The Morgan fingerprint density at radius 1 is 1.50 bits per heavy atom. The van der Waals surface area contributed by atoms with Gasteiger partial charge in [-0.05, 0) is 23.6 Å². The van der Waals surface area contributed by atoms with E-state index < -0.39 is 6.10 Å². The molecule has 1 aromatic rings. The van der Waals surface area contributed by atoms with Gasteiger partial charge in [-0.15, -0.1) is 0 Å². The first-order valence-corrected chi connectivity index (χ1v) is 4.13. The summed E-state index contributed by atoms with van der Waals surface area (Å²) in [4.78, 5) is 0. The van der Waals surface area contributed by atoms with Gasteiger partial charge in [0.2, 0.25) is 0 Å². The van der Waals surface area contributed by atoms with Gasteiger partial charge in [0, 0.05) is 0 Å². The molecule has 0 saturated heterocycles. The number of rotatable bonds is 0. The number of hydrogen-bond acceptors (Lipinski definition) is 2. The number of aryl methyl sites for hydroxylation is 1. The molecule has 0 bridgehead atoms. The van der Waals surface area contributed by atoms with E-state index >= 15 is 0 Å².